The minimum absolute atomic E-state index is 0.216. The molecule has 9 heteroatoms. The Labute approximate surface area is 187 Å². The Morgan fingerprint density at radius 3 is 2.68 bits per heavy atom. The van der Waals surface area contributed by atoms with E-state index in [1.54, 1.807) is 34.5 Å². The maximum absolute atomic E-state index is 13.5. The van der Waals surface area contributed by atoms with Gasteiger partial charge in [-0.15, -0.1) is 27.8 Å². The number of aromatic nitrogens is 3. The molecule has 4 aromatic rings. The topological polar surface area (TPSA) is 81.1 Å². The number of allylic oxidation sites excluding steroid dienone is 1. The first-order valence-corrected chi connectivity index (χ1v) is 11.4. The first kappa shape index (κ1) is 19.5. The summed E-state index contributed by atoms with van der Waals surface area (Å²) in [4.78, 5) is 20.1. The van der Waals surface area contributed by atoms with E-state index in [-0.39, 0.29) is 11.9 Å². The third-order valence-electron chi connectivity index (χ3n) is 5.01. The fourth-order valence-corrected chi connectivity index (χ4v) is 5.07. The van der Waals surface area contributed by atoms with Crippen molar-refractivity contribution in [1.82, 2.24) is 14.8 Å². The van der Waals surface area contributed by atoms with Gasteiger partial charge in [-0.05, 0) is 41.9 Å². The molecular formula is C22H19N5O2S2. The lowest BCUT2D eigenvalue weighted by atomic mass is 10.0. The predicted molar refractivity (Wildman–Crippen MR) is 124 cm³/mol. The fourth-order valence-electron chi connectivity index (χ4n) is 3.60. The summed E-state index contributed by atoms with van der Waals surface area (Å²) >= 11 is 3.17. The van der Waals surface area contributed by atoms with Gasteiger partial charge in [-0.2, -0.15) is 4.98 Å². The molecule has 1 aliphatic rings. The van der Waals surface area contributed by atoms with E-state index < -0.39 is 0 Å². The number of anilines is 2. The fraction of sp³-hybridized carbons (Fsp3) is 0.136. The van der Waals surface area contributed by atoms with E-state index >= 15 is 0 Å². The first-order chi connectivity index (χ1) is 15.2. The number of nitrogens with one attached hydrogen (secondary N) is 2. The van der Waals surface area contributed by atoms with Crippen molar-refractivity contribution in [3.05, 3.63) is 75.4 Å². The van der Waals surface area contributed by atoms with E-state index in [9.17, 15) is 4.79 Å². The summed E-state index contributed by atoms with van der Waals surface area (Å²) in [5.74, 6) is 1.64. The van der Waals surface area contributed by atoms with Gasteiger partial charge >= 0.3 is 0 Å². The average molecular weight is 450 g/mol. The minimum Gasteiger partial charge on any atom is -0.495 e. The number of hydrogen-bond donors (Lipinski definition) is 2. The van der Waals surface area contributed by atoms with Crippen molar-refractivity contribution in [3.63, 3.8) is 0 Å². The third-order valence-corrected chi connectivity index (χ3v) is 6.80. The van der Waals surface area contributed by atoms with Crippen LogP contribution in [0.3, 0.4) is 0 Å². The minimum atomic E-state index is -0.382. The van der Waals surface area contributed by atoms with Crippen LogP contribution in [0.1, 0.15) is 17.8 Å². The van der Waals surface area contributed by atoms with Crippen LogP contribution in [0.15, 0.2) is 70.6 Å². The predicted octanol–water partition coefficient (Wildman–Crippen LogP) is 5.00. The molecule has 3 aromatic heterocycles. The van der Waals surface area contributed by atoms with Crippen LogP contribution in [0.25, 0.3) is 10.7 Å². The molecule has 31 heavy (non-hydrogen) atoms. The Balaban J connectivity index is 1.57. The van der Waals surface area contributed by atoms with Gasteiger partial charge in [0.05, 0.1) is 23.2 Å². The molecule has 2 N–H and O–H groups in total. The van der Waals surface area contributed by atoms with Crippen molar-refractivity contribution in [2.75, 3.05) is 17.7 Å². The zero-order valence-corrected chi connectivity index (χ0v) is 18.5. The molecule has 0 saturated carbocycles. The van der Waals surface area contributed by atoms with E-state index in [1.165, 1.54) is 0 Å². The summed E-state index contributed by atoms with van der Waals surface area (Å²) in [6.07, 6.45) is 0. The van der Waals surface area contributed by atoms with Crippen LogP contribution in [0.2, 0.25) is 0 Å². The van der Waals surface area contributed by atoms with Gasteiger partial charge in [0.1, 0.15) is 11.8 Å². The van der Waals surface area contributed by atoms with Gasteiger partial charge in [-0.25, -0.2) is 4.68 Å². The average Bonchev–Trinajstić information content (AvgIpc) is 3.54. The van der Waals surface area contributed by atoms with Gasteiger partial charge < -0.3 is 15.4 Å². The Morgan fingerprint density at radius 1 is 1.13 bits per heavy atom. The summed E-state index contributed by atoms with van der Waals surface area (Å²) in [5.41, 5.74) is 1.94. The second-order valence-electron chi connectivity index (χ2n) is 6.92. The number of nitrogens with zero attached hydrogens (tertiary/aromatic N) is 3. The number of benzene rings is 1. The molecule has 1 atom stereocenters. The Hall–Kier alpha value is -3.43. The summed E-state index contributed by atoms with van der Waals surface area (Å²) in [7, 11) is 1.58. The van der Waals surface area contributed by atoms with E-state index in [0.29, 0.717) is 28.8 Å². The van der Waals surface area contributed by atoms with E-state index in [2.05, 4.69) is 15.6 Å². The molecule has 0 aliphatic carbocycles. The molecule has 0 spiro atoms. The van der Waals surface area contributed by atoms with Crippen molar-refractivity contribution in [1.29, 1.82) is 0 Å². The van der Waals surface area contributed by atoms with E-state index in [1.807, 2.05) is 66.2 Å². The number of amides is 1. The second-order valence-corrected chi connectivity index (χ2v) is 8.84. The Bertz CT molecular complexity index is 1260. The molecule has 7 nitrogen and oxygen atoms in total. The summed E-state index contributed by atoms with van der Waals surface area (Å²) in [5, 5.41) is 15.0. The first-order valence-electron chi connectivity index (χ1n) is 9.61. The summed E-state index contributed by atoms with van der Waals surface area (Å²) in [6.45, 7) is 1.89. The van der Waals surface area contributed by atoms with Crippen LogP contribution in [0.4, 0.5) is 11.6 Å². The Morgan fingerprint density at radius 2 is 1.94 bits per heavy atom. The number of thiophene rings is 2. The number of rotatable bonds is 5. The molecule has 1 aromatic carbocycles. The Kier molecular flexibility index (Phi) is 5.05. The quantitative estimate of drug-likeness (QED) is 0.448. The molecule has 1 amide bonds. The number of fused-ring (bicyclic) bond motifs is 1. The number of carbonyl (C=O) groups excluding carboxylic acids is 1. The molecule has 4 heterocycles. The number of methoxy groups -OCH3 is 1. The van der Waals surface area contributed by atoms with Gasteiger partial charge in [-0.1, -0.05) is 24.3 Å². The van der Waals surface area contributed by atoms with Gasteiger partial charge in [0.15, 0.2) is 5.82 Å². The van der Waals surface area contributed by atoms with Crippen molar-refractivity contribution < 1.29 is 9.53 Å². The molecule has 5 rings (SSSR count). The van der Waals surface area contributed by atoms with Gasteiger partial charge in [-0.3, -0.25) is 4.79 Å². The SMILES string of the molecule is COc1ccccc1NC(=O)C1=C(C)Nc2nc(-c3cccs3)nn2C1c1cccs1. The largest absolute Gasteiger partial charge is 0.495 e. The number of hydrogen-bond acceptors (Lipinski definition) is 7. The molecular weight excluding hydrogens is 430 g/mol. The van der Waals surface area contributed by atoms with Crippen LogP contribution in [0, 0.1) is 0 Å². The van der Waals surface area contributed by atoms with E-state index in [0.717, 1.165) is 15.5 Å². The summed E-state index contributed by atoms with van der Waals surface area (Å²) in [6, 6.07) is 14.9. The van der Waals surface area contributed by atoms with Crippen molar-refractivity contribution in [2.45, 2.75) is 13.0 Å². The molecule has 0 bridgehead atoms. The molecule has 1 aliphatic heterocycles. The van der Waals surface area contributed by atoms with Gasteiger partial charge in [0.25, 0.3) is 5.91 Å². The van der Waals surface area contributed by atoms with Crippen LogP contribution < -0.4 is 15.4 Å². The van der Waals surface area contributed by atoms with Crippen LogP contribution in [0.5, 0.6) is 5.75 Å². The summed E-state index contributed by atoms with van der Waals surface area (Å²) < 4.78 is 7.19. The number of ether oxygens (including phenoxy) is 1. The lowest BCUT2D eigenvalue weighted by molar-refractivity contribution is -0.113. The maximum atomic E-state index is 13.5. The van der Waals surface area contributed by atoms with Crippen molar-refractivity contribution in [2.24, 2.45) is 0 Å². The maximum Gasteiger partial charge on any atom is 0.256 e. The second kappa shape index (κ2) is 8.01. The molecule has 0 fully saturated rings. The number of carbonyl (C=O) groups is 1. The van der Waals surface area contributed by atoms with Crippen LogP contribution in [-0.2, 0) is 4.79 Å². The highest BCUT2D eigenvalue weighted by Crippen LogP contribution is 2.39. The molecule has 156 valence electrons. The zero-order valence-electron chi connectivity index (χ0n) is 16.8. The molecule has 1 unspecified atom stereocenters. The van der Waals surface area contributed by atoms with Gasteiger partial charge in [0, 0.05) is 10.6 Å². The lowest BCUT2D eigenvalue weighted by Gasteiger charge is -2.27. The molecule has 0 radical (unpaired) electrons. The number of para-hydroxylation sites is 2. The van der Waals surface area contributed by atoms with Crippen LogP contribution in [-0.4, -0.2) is 27.8 Å². The smallest absolute Gasteiger partial charge is 0.256 e. The van der Waals surface area contributed by atoms with E-state index in [4.69, 9.17) is 9.84 Å². The van der Waals surface area contributed by atoms with Crippen LogP contribution >= 0.6 is 22.7 Å². The normalized spacial score (nSPS) is 15.4. The zero-order chi connectivity index (χ0) is 21.4. The molecule has 0 saturated heterocycles. The highest BCUT2D eigenvalue weighted by atomic mass is 32.1. The van der Waals surface area contributed by atoms with Gasteiger partial charge in [0.2, 0.25) is 5.95 Å². The van der Waals surface area contributed by atoms with Crippen molar-refractivity contribution in [3.8, 4) is 16.5 Å². The third kappa shape index (κ3) is 3.51. The highest BCUT2D eigenvalue weighted by Gasteiger charge is 2.35. The lowest BCUT2D eigenvalue weighted by Crippen LogP contribution is -2.31. The van der Waals surface area contributed by atoms with Crippen molar-refractivity contribution >= 4 is 40.2 Å². The standard InChI is InChI=1S/C22H19N5O2S2/c1-13-18(21(28)24-14-7-3-4-8-15(14)29-2)19(16-9-5-11-30-16)27-22(23-13)25-20(26-27)17-10-6-12-31-17/h3-12,19H,1-2H3,(H,24,28)(H,23,25,26). The highest BCUT2D eigenvalue weighted by molar-refractivity contribution is 7.13. The monoisotopic (exact) mass is 449 g/mol.